The lowest BCUT2D eigenvalue weighted by atomic mass is 10.2. The average Bonchev–Trinajstić information content (AvgIpc) is 2.96. The fourth-order valence-corrected chi connectivity index (χ4v) is 9.20. The van der Waals surface area contributed by atoms with Crippen LogP contribution < -0.4 is 0 Å². The van der Waals surface area contributed by atoms with Gasteiger partial charge in [-0.05, 0) is 34.7 Å². The van der Waals surface area contributed by atoms with Gasteiger partial charge in [0.2, 0.25) is 10.2 Å². The molecule has 0 saturated heterocycles. The third-order valence-corrected chi connectivity index (χ3v) is 10.7. The molecule has 122 valence electrons. The van der Waals surface area contributed by atoms with Gasteiger partial charge in [-0.1, -0.05) is 70.1 Å². The van der Waals surface area contributed by atoms with E-state index < -0.39 is 9.45 Å². The molecule has 0 N–H and O–H groups in total. The summed E-state index contributed by atoms with van der Waals surface area (Å²) in [6, 6.07) is 18.3. The topological polar surface area (TPSA) is 34.1 Å². The second-order valence-corrected chi connectivity index (χ2v) is 11.1. The largest absolute Gasteiger partial charge is 0.281 e. The Morgan fingerprint density at radius 2 is 1.38 bits per heavy atom. The summed E-state index contributed by atoms with van der Waals surface area (Å²) in [4.78, 5) is 24.8. The summed E-state index contributed by atoms with van der Waals surface area (Å²) >= 11 is 9.41. The van der Waals surface area contributed by atoms with Crippen molar-refractivity contribution in [1.82, 2.24) is 0 Å². The van der Waals surface area contributed by atoms with Crippen LogP contribution >= 0.6 is 35.3 Å². The highest BCUT2D eigenvalue weighted by atomic mass is 32.8. The molecule has 2 nitrogen and oxygen atoms in total. The molecule has 0 aromatic heterocycles. The van der Waals surface area contributed by atoms with Crippen molar-refractivity contribution in [1.29, 1.82) is 0 Å². The number of rotatable bonds is 4. The summed E-state index contributed by atoms with van der Waals surface area (Å²) in [6.45, 7) is 0. The van der Waals surface area contributed by atoms with E-state index in [2.05, 4.69) is 0 Å². The van der Waals surface area contributed by atoms with Crippen LogP contribution in [0.15, 0.2) is 69.1 Å². The number of benzene rings is 2. The Balaban J connectivity index is 1.78. The van der Waals surface area contributed by atoms with Crippen LogP contribution in [0.2, 0.25) is 0 Å². The lowest BCUT2D eigenvalue weighted by Crippen LogP contribution is -1.97. The Morgan fingerprint density at radius 3 is 1.92 bits per heavy atom. The Bertz CT molecular complexity index is 815. The SMILES string of the molecule is O=C(SC1=C(SC(=O)c2ccccc2)S(=S)CS1)c1ccccc1. The lowest BCUT2D eigenvalue weighted by Gasteiger charge is -2.05. The summed E-state index contributed by atoms with van der Waals surface area (Å²) in [5, 5.41) is 0.711. The van der Waals surface area contributed by atoms with Crippen LogP contribution in [0.1, 0.15) is 20.7 Å². The van der Waals surface area contributed by atoms with Gasteiger partial charge in [0.05, 0.1) is 13.6 Å². The molecule has 0 fully saturated rings. The first-order valence-electron chi connectivity index (χ1n) is 6.95. The number of thioether (sulfide) groups is 3. The Morgan fingerprint density at radius 1 is 0.875 bits per heavy atom. The van der Waals surface area contributed by atoms with E-state index in [1.807, 2.05) is 36.4 Å². The molecule has 3 rings (SSSR count). The van der Waals surface area contributed by atoms with Crippen LogP contribution in [0.4, 0.5) is 0 Å². The molecule has 2 aromatic rings. The Hall–Kier alpha value is -0.860. The van der Waals surface area contributed by atoms with Crippen LogP contribution in [0.5, 0.6) is 0 Å². The van der Waals surface area contributed by atoms with Crippen LogP contribution in [0.25, 0.3) is 0 Å². The van der Waals surface area contributed by atoms with Crippen LogP contribution in [-0.2, 0) is 20.6 Å². The molecule has 1 atom stereocenters. The van der Waals surface area contributed by atoms with Crippen LogP contribution in [0.3, 0.4) is 0 Å². The molecule has 0 saturated carbocycles. The molecule has 1 unspecified atom stereocenters. The van der Waals surface area contributed by atoms with Crippen molar-refractivity contribution in [2.24, 2.45) is 0 Å². The van der Waals surface area contributed by atoms with Gasteiger partial charge in [-0.3, -0.25) is 9.59 Å². The van der Waals surface area contributed by atoms with Crippen molar-refractivity contribution >= 4 is 66.2 Å². The quantitative estimate of drug-likeness (QED) is 0.705. The Labute approximate surface area is 160 Å². The second kappa shape index (κ2) is 8.49. The minimum Gasteiger partial charge on any atom is -0.281 e. The highest BCUT2D eigenvalue weighted by Crippen LogP contribution is 2.46. The number of hydrogen-bond donors (Lipinski definition) is 0. The smallest absolute Gasteiger partial charge is 0.224 e. The van der Waals surface area contributed by atoms with E-state index in [0.717, 1.165) is 13.6 Å². The number of carbonyl (C=O) groups excluding carboxylic acids is 2. The molecule has 7 heteroatoms. The van der Waals surface area contributed by atoms with Crippen molar-refractivity contribution in [2.75, 3.05) is 5.08 Å². The normalized spacial score (nSPS) is 17.1. The summed E-state index contributed by atoms with van der Waals surface area (Å²) < 4.78 is 1.73. The van der Waals surface area contributed by atoms with E-state index in [1.165, 1.54) is 23.5 Å². The van der Waals surface area contributed by atoms with E-state index in [-0.39, 0.29) is 10.2 Å². The van der Waals surface area contributed by atoms with Gasteiger partial charge in [0.15, 0.2) is 0 Å². The highest BCUT2D eigenvalue weighted by molar-refractivity contribution is 8.48. The van der Waals surface area contributed by atoms with Crippen molar-refractivity contribution in [2.45, 2.75) is 0 Å². The van der Waals surface area contributed by atoms with Gasteiger partial charge in [0.25, 0.3) is 0 Å². The second-order valence-electron chi connectivity index (χ2n) is 4.69. The minimum absolute atomic E-state index is 0.0164. The molecule has 24 heavy (non-hydrogen) atoms. The highest BCUT2D eigenvalue weighted by Gasteiger charge is 2.26. The molecule has 0 spiro atoms. The van der Waals surface area contributed by atoms with Gasteiger partial charge in [-0.2, -0.15) is 0 Å². The zero-order valence-corrected chi connectivity index (χ0v) is 16.4. The maximum atomic E-state index is 12.4. The predicted octanol–water partition coefficient (Wildman–Crippen LogP) is 5.04. The van der Waals surface area contributed by atoms with Crippen LogP contribution in [-0.4, -0.2) is 15.3 Å². The third kappa shape index (κ3) is 4.40. The molecular weight excluding hydrogens is 397 g/mol. The zero-order chi connectivity index (χ0) is 16.9. The molecule has 1 aliphatic rings. The maximum absolute atomic E-state index is 12.4. The predicted molar refractivity (Wildman–Crippen MR) is 111 cm³/mol. The molecule has 0 aliphatic carbocycles. The van der Waals surface area contributed by atoms with E-state index in [9.17, 15) is 9.59 Å². The maximum Gasteiger partial charge on any atom is 0.224 e. The van der Waals surface area contributed by atoms with Crippen molar-refractivity contribution in [3.63, 3.8) is 0 Å². The zero-order valence-electron chi connectivity index (χ0n) is 12.3. The fraction of sp³-hybridized carbons (Fsp3) is 0.0588. The van der Waals surface area contributed by atoms with Crippen LogP contribution in [0, 0.1) is 0 Å². The van der Waals surface area contributed by atoms with Gasteiger partial charge in [-0.25, -0.2) is 0 Å². The van der Waals surface area contributed by atoms with E-state index >= 15 is 0 Å². The molecule has 0 bridgehead atoms. The van der Waals surface area contributed by atoms with Gasteiger partial charge in [0, 0.05) is 11.1 Å². The van der Waals surface area contributed by atoms with Crippen molar-refractivity contribution in [3.05, 3.63) is 80.3 Å². The first-order valence-corrected chi connectivity index (χ1v) is 11.9. The summed E-state index contributed by atoms with van der Waals surface area (Å²) in [7, 11) is -0.413. The molecule has 2 aromatic carbocycles. The van der Waals surface area contributed by atoms with E-state index in [0.29, 0.717) is 11.1 Å². The Kier molecular flexibility index (Phi) is 6.35. The monoisotopic (exact) mass is 408 g/mol. The van der Waals surface area contributed by atoms with E-state index in [1.54, 1.807) is 36.0 Å². The summed E-state index contributed by atoms with van der Waals surface area (Å²) in [5.41, 5.74) is 1.31. The van der Waals surface area contributed by atoms with Crippen molar-refractivity contribution in [3.8, 4) is 0 Å². The lowest BCUT2D eigenvalue weighted by molar-refractivity contribution is 0.108. The molecule has 0 radical (unpaired) electrons. The third-order valence-electron chi connectivity index (χ3n) is 3.06. The van der Waals surface area contributed by atoms with Crippen molar-refractivity contribution < 1.29 is 9.59 Å². The summed E-state index contributed by atoms with van der Waals surface area (Å²) in [6.07, 6.45) is 0. The van der Waals surface area contributed by atoms with Gasteiger partial charge in [0.1, 0.15) is 0 Å². The van der Waals surface area contributed by atoms with Gasteiger partial charge < -0.3 is 0 Å². The molecule has 0 amide bonds. The first kappa shape index (κ1) is 17.9. The van der Waals surface area contributed by atoms with Gasteiger partial charge >= 0.3 is 0 Å². The summed E-state index contributed by atoms with van der Waals surface area (Å²) in [5.74, 6) is 0. The number of carbonyl (C=O) groups is 2. The number of hydrogen-bond acceptors (Lipinski definition) is 6. The molecular formula is C17H12O2S5. The molecule has 1 aliphatic heterocycles. The van der Waals surface area contributed by atoms with Gasteiger partial charge in [-0.15, -0.1) is 11.8 Å². The molecule has 1 heterocycles. The standard InChI is InChI=1S/C17H12O2S5/c18-14(12-7-3-1-4-8-12)22-16-17(24(20)11-21-16)23-15(19)13-9-5-2-6-10-13/h1-10H,11H2. The van der Waals surface area contributed by atoms with E-state index in [4.69, 9.17) is 11.2 Å². The first-order chi connectivity index (χ1) is 11.6. The minimum atomic E-state index is -0.413. The average molecular weight is 409 g/mol. The fourth-order valence-electron chi connectivity index (χ4n) is 1.91.